The minimum Gasteiger partial charge on any atom is -0.496 e. The van der Waals surface area contributed by atoms with E-state index >= 15 is 0 Å². The van der Waals surface area contributed by atoms with Crippen molar-refractivity contribution in [3.8, 4) is 17.9 Å². The van der Waals surface area contributed by atoms with Crippen LogP contribution in [0.4, 0.5) is 0 Å². The third kappa shape index (κ3) is 2.18. The van der Waals surface area contributed by atoms with Gasteiger partial charge in [0.05, 0.1) is 19.2 Å². The third-order valence-corrected chi connectivity index (χ3v) is 2.21. The van der Waals surface area contributed by atoms with Gasteiger partial charge in [0.15, 0.2) is 11.7 Å². The van der Waals surface area contributed by atoms with Crippen molar-refractivity contribution in [2.75, 3.05) is 7.11 Å². The molecule has 0 aliphatic heterocycles. The van der Waals surface area contributed by atoms with Crippen molar-refractivity contribution in [3.63, 3.8) is 0 Å². The molecule has 1 rings (SSSR count). The summed E-state index contributed by atoms with van der Waals surface area (Å²) in [6.45, 7) is 1.85. The highest BCUT2D eigenvalue weighted by atomic mass is 16.5. The lowest BCUT2D eigenvalue weighted by atomic mass is 9.99. The van der Waals surface area contributed by atoms with Crippen molar-refractivity contribution in [2.24, 2.45) is 5.92 Å². The first-order valence-electron chi connectivity index (χ1n) is 4.62. The van der Waals surface area contributed by atoms with Gasteiger partial charge in [0.25, 0.3) is 0 Å². The van der Waals surface area contributed by atoms with E-state index in [-0.39, 0.29) is 0 Å². The second-order valence-electron chi connectivity index (χ2n) is 3.24. The van der Waals surface area contributed by atoms with E-state index in [1.165, 1.54) is 7.11 Å². The first kappa shape index (κ1) is 11.7. The van der Waals surface area contributed by atoms with Crippen molar-refractivity contribution in [2.45, 2.75) is 6.92 Å². The van der Waals surface area contributed by atoms with E-state index in [4.69, 9.17) is 15.3 Å². The summed E-state index contributed by atoms with van der Waals surface area (Å²) in [6.07, 6.45) is 0. The minimum atomic E-state index is -1.26. The molecule has 1 aromatic carbocycles. The fraction of sp³-hybridized carbons (Fsp3) is 0.250. The minimum absolute atomic E-state index is 0.315. The van der Waals surface area contributed by atoms with Gasteiger partial charge >= 0.3 is 0 Å². The van der Waals surface area contributed by atoms with Crippen LogP contribution in [0, 0.1) is 35.5 Å². The van der Waals surface area contributed by atoms with E-state index in [9.17, 15) is 4.79 Å². The van der Waals surface area contributed by atoms with Crippen LogP contribution in [-0.4, -0.2) is 12.9 Å². The van der Waals surface area contributed by atoms with Crippen LogP contribution in [0.5, 0.6) is 5.75 Å². The second kappa shape index (κ2) is 4.95. The summed E-state index contributed by atoms with van der Waals surface area (Å²) in [6, 6.07) is 8.15. The number of ketones is 1. The first-order chi connectivity index (χ1) is 7.63. The number of rotatable bonds is 3. The van der Waals surface area contributed by atoms with Crippen LogP contribution in [0.3, 0.4) is 0 Å². The molecule has 0 saturated heterocycles. The quantitative estimate of drug-likeness (QED) is 0.719. The Bertz CT molecular complexity index is 481. The zero-order valence-electron chi connectivity index (χ0n) is 9.02. The van der Waals surface area contributed by atoms with E-state index in [2.05, 4.69) is 0 Å². The average Bonchev–Trinajstić information content (AvgIpc) is 2.31. The average molecular weight is 214 g/mol. The van der Waals surface area contributed by atoms with Crippen molar-refractivity contribution in [3.05, 3.63) is 29.3 Å². The van der Waals surface area contributed by atoms with Gasteiger partial charge in [-0.05, 0) is 18.6 Å². The molecule has 0 unspecified atom stereocenters. The lowest BCUT2D eigenvalue weighted by molar-refractivity contribution is 0.0970. The number of hydrogen-bond donors (Lipinski definition) is 0. The maximum absolute atomic E-state index is 11.7. The second-order valence-corrected chi connectivity index (χ2v) is 3.24. The number of hydrogen-bond acceptors (Lipinski definition) is 4. The van der Waals surface area contributed by atoms with Crippen molar-refractivity contribution in [1.82, 2.24) is 0 Å². The Kier molecular flexibility index (Phi) is 3.63. The van der Waals surface area contributed by atoms with Crippen molar-refractivity contribution >= 4 is 5.78 Å². The Morgan fingerprint density at radius 2 is 2.00 bits per heavy atom. The maximum atomic E-state index is 11.7. The van der Waals surface area contributed by atoms with Crippen LogP contribution in [0.1, 0.15) is 15.9 Å². The number of carbonyl (C=O) groups is 1. The number of carbonyl (C=O) groups excluding carboxylic acids is 1. The van der Waals surface area contributed by atoms with Gasteiger partial charge in [0.2, 0.25) is 0 Å². The Labute approximate surface area is 93.7 Å². The number of aryl methyl sites for hydroxylation is 1. The van der Waals surface area contributed by atoms with Crippen LogP contribution in [0.25, 0.3) is 0 Å². The molecular formula is C12H10N2O2. The van der Waals surface area contributed by atoms with Crippen molar-refractivity contribution in [1.29, 1.82) is 10.5 Å². The smallest absolute Gasteiger partial charge is 0.195 e. The molecule has 0 heterocycles. The van der Waals surface area contributed by atoms with Crippen LogP contribution in [0.15, 0.2) is 18.2 Å². The number of nitrogens with zero attached hydrogens (tertiary/aromatic N) is 2. The summed E-state index contributed by atoms with van der Waals surface area (Å²) in [7, 11) is 1.50. The number of ether oxygens (including phenoxy) is 1. The maximum Gasteiger partial charge on any atom is 0.195 e. The highest BCUT2D eigenvalue weighted by molar-refractivity contribution is 6.01. The SMILES string of the molecule is COc1cc(C(=O)C(C#N)C#N)ccc1C. The Morgan fingerprint density at radius 3 is 2.50 bits per heavy atom. The first-order valence-corrected chi connectivity index (χ1v) is 4.62. The van der Waals surface area contributed by atoms with Gasteiger partial charge in [-0.25, -0.2) is 0 Å². The molecule has 80 valence electrons. The molecule has 4 heteroatoms. The summed E-state index contributed by atoms with van der Waals surface area (Å²) in [5, 5.41) is 17.2. The van der Waals surface area contributed by atoms with Gasteiger partial charge in [-0.1, -0.05) is 12.1 Å². The molecule has 0 amide bonds. The molecule has 16 heavy (non-hydrogen) atoms. The van der Waals surface area contributed by atoms with Crippen LogP contribution >= 0.6 is 0 Å². The molecular weight excluding hydrogens is 204 g/mol. The summed E-state index contributed by atoms with van der Waals surface area (Å²) in [5.41, 5.74) is 1.21. The van der Waals surface area contributed by atoms with E-state index in [0.717, 1.165) is 5.56 Å². The number of methoxy groups -OCH3 is 1. The molecule has 0 aliphatic carbocycles. The van der Waals surface area contributed by atoms with Gasteiger partial charge in [-0.3, -0.25) is 4.79 Å². The zero-order chi connectivity index (χ0) is 12.1. The lowest BCUT2D eigenvalue weighted by Crippen LogP contribution is -2.11. The molecule has 4 nitrogen and oxygen atoms in total. The fourth-order valence-electron chi connectivity index (χ4n) is 1.29. The van der Waals surface area contributed by atoms with E-state index < -0.39 is 11.7 Å². The number of nitriles is 2. The molecule has 0 radical (unpaired) electrons. The molecule has 0 N–H and O–H groups in total. The number of benzene rings is 1. The van der Waals surface area contributed by atoms with Gasteiger partial charge in [-0.15, -0.1) is 0 Å². The summed E-state index contributed by atoms with van der Waals surface area (Å²) >= 11 is 0. The largest absolute Gasteiger partial charge is 0.496 e. The lowest BCUT2D eigenvalue weighted by Gasteiger charge is -2.06. The number of Topliss-reactive ketones (excluding diaryl/α,β-unsaturated/α-hetero) is 1. The van der Waals surface area contributed by atoms with E-state index in [1.54, 1.807) is 30.3 Å². The Morgan fingerprint density at radius 1 is 1.38 bits per heavy atom. The summed E-state index contributed by atoms with van der Waals surface area (Å²) in [5.74, 6) is -1.18. The standard InChI is InChI=1S/C12H10N2O2/c1-8-3-4-9(5-11(8)16-2)12(15)10(6-13)7-14/h3-5,10H,1-2H3. The van der Waals surface area contributed by atoms with E-state index in [0.29, 0.717) is 11.3 Å². The fourth-order valence-corrected chi connectivity index (χ4v) is 1.29. The van der Waals surface area contributed by atoms with Crippen LogP contribution in [-0.2, 0) is 0 Å². The summed E-state index contributed by atoms with van der Waals surface area (Å²) in [4.78, 5) is 11.7. The van der Waals surface area contributed by atoms with Gasteiger partial charge in [0.1, 0.15) is 5.75 Å². The summed E-state index contributed by atoms with van der Waals surface area (Å²) < 4.78 is 5.06. The van der Waals surface area contributed by atoms with Crippen LogP contribution in [0.2, 0.25) is 0 Å². The highest BCUT2D eigenvalue weighted by Crippen LogP contribution is 2.20. The third-order valence-electron chi connectivity index (χ3n) is 2.21. The normalized spacial score (nSPS) is 9.31. The van der Waals surface area contributed by atoms with Crippen LogP contribution < -0.4 is 4.74 Å². The van der Waals surface area contributed by atoms with Crippen molar-refractivity contribution < 1.29 is 9.53 Å². The monoisotopic (exact) mass is 214 g/mol. The Hall–Kier alpha value is -2.33. The molecule has 1 aromatic rings. The molecule has 0 spiro atoms. The molecule has 0 saturated carbocycles. The molecule has 0 fully saturated rings. The molecule has 0 bridgehead atoms. The van der Waals surface area contributed by atoms with E-state index in [1.807, 2.05) is 6.92 Å². The Balaban J connectivity index is 3.12. The molecule has 0 aromatic heterocycles. The molecule has 0 atom stereocenters. The van der Waals surface area contributed by atoms with Gasteiger partial charge in [-0.2, -0.15) is 10.5 Å². The highest BCUT2D eigenvalue weighted by Gasteiger charge is 2.19. The van der Waals surface area contributed by atoms with Gasteiger partial charge in [0, 0.05) is 5.56 Å². The zero-order valence-corrected chi connectivity index (χ0v) is 9.02. The topological polar surface area (TPSA) is 73.9 Å². The predicted octanol–water partition coefficient (Wildman–Crippen LogP) is 1.85. The predicted molar refractivity (Wildman–Crippen MR) is 56.8 cm³/mol. The molecule has 0 aliphatic rings. The van der Waals surface area contributed by atoms with Gasteiger partial charge < -0.3 is 4.74 Å².